The van der Waals surface area contributed by atoms with Gasteiger partial charge in [-0.15, -0.1) is 0 Å². The van der Waals surface area contributed by atoms with Gasteiger partial charge in [0.25, 0.3) is 10.1 Å². The number of unbranched alkanes of at least 4 members (excludes halogenated alkanes) is 1. The third-order valence-electron chi connectivity index (χ3n) is 1.61. The van der Waals surface area contributed by atoms with Crippen LogP contribution < -0.4 is 5.32 Å². The molecule has 0 aliphatic rings. The molecule has 0 aliphatic heterocycles. The van der Waals surface area contributed by atoms with Crippen LogP contribution in [0.25, 0.3) is 0 Å². The molecule has 0 saturated heterocycles. The lowest BCUT2D eigenvalue weighted by molar-refractivity contribution is -0.118. The summed E-state index contributed by atoms with van der Waals surface area (Å²) >= 11 is 0. The van der Waals surface area contributed by atoms with E-state index in [2.05, 4.69) is 9.50 Å². The van der Waals surface area contributed by atoms with E-state index in [9.17, 15) is 13.2 Å². The van der Waals surface area contributed by atoms with Crippen molar-refractivity contribution in [1.82, 2.24) is 5.32 Å². The normalized spacial score (nSPS) is 11.4. The van der Waals surface area contributed by atoms with Crippen LogP contribution in [-0.2, 0) is 23.8 Å². The quantitative estimate of drug-likeness (QED) is 0.458. The fourth-order valence-electron chi connectivity index (χ4n) is 0.940. The summed E-state index contributed by atoms with van der Waals surface area (Å²) in [7, 11) is -3.36. The third kappa shape index (κ3) is 13.3. The second-order valence-electron chi connectivity index (χ2n) is 3.33. The Balaban J connectivity index is 3.13. The van der Waals surface area contributed by atoms with Crippen LogP contribution in [0.2, 0.25) is 0 Å². The van der Waals surface area contributed by atoms with Crippen LogP contribution in [-0.4, -0.2) is 46.9 Å². The number of nitrogens with one attached hydrogen (secondary N) is 1. The average Bonchev–Trinajstić information content (AvgIpc) is 2.13. The minimum absolute atomic E-state index is 0.0394. The average molecular weight is 253 g/mol. The van der Waals surface area contributed by atoms with Crippen molar-refractivity contribution < 1.29 is 22.1 Å². The third-order valence-corrected chi connectivity index (χ3v) is 2.21. The molecule has 0 aromatic heterocycles. The number of amides is 1. The molecule has 16 heavy (non-hydrogen) atoms. The molecule has 0 fully saturated rings. The highest BCUT2D eigenvalue weighted by Crippen LogP contribution is 1.91. The molecule has 1 amide bonds. The number of ether oxygens (including phenoxy) is 1. The zero-order valence-electron chi connectivity index (χ0n) is 9.69. The zero-order valence-corrected chi connectivity index (χ0v) is 10.5. The van der Waals surface area contributed by atoms with E-state index in [4.69, 9.17) is 4.74 Å². The van der Waals surface area contributed by atoms with Gasteiger partial charge in [0.1, 0.15) is 0 Å². The Morgan fingerprint density at radius 2 is 1.88 bits per heavy atom. The summed E-state index contributed by atoms with van der Waals surface area (Å²) in [5, 5.41) is 2.67. The van der Waals surface area contributed by atoms with Crippen molar-refractivity contribution in [2.45, 2.75) is 19.8 Å². The molecule has 6 nitrogen and oxygen atoms in total. The molecule has 0 heterocycles. The van der Waals surface area contributed by atoms with Crippen LogP contribution in [0.5, 0.6) is 0 Å². The first-order chi connectivity index (χ1) is 7.42. The van der Waals surface area contributed by atoms with Crippen LogP contribution in [0.1, 0.15) is 19.8 Å². The van der Waals surface area contributed by atoms with Crippen molar-refractivity contribution >= 4 is 16.0 Å². The van der Waals surface area contributed by atoms with Gasteiger partial charge >= 0.3 is 0 Å². The number of hydrogen-bond donors (Lipinski definition) is 1. The van der Waals surface area contributed by atoms with Gasteiger partial charge in [0.05, 0.1) is 19.5 Å². The topological polar surface area (TPSA) is 81.7 Å². The first kappa shape index (κ1) is 15.3. The summed E-state index contributed by atoms with van der Waals surface area (Å²) in [5.41, 5.74) is 0. The first-order valence-corrected chi connectivity index (χ1v) is 6.90. The molecule has 0 unspecified atom stereocenters. The Labute approximate surface area is 96.4 Å². The molecule has 7 heteroatoms. The highest BCUT2D eigenvalue weighted by molar-refractivity contribution is 7.85. The van der Waals surface area contributed by atoms with Gasteiger partial charge in [0.15, 0.2) is 0 Å². The molecule has 0 aliphatic carbocycles. The summed E-state index contributed by atoms with van der Waals surface area (Å²) in [6.45, 7) is 2.95. The predicted molar refractivity (Wildman–Crippen MR) is 59.5 cm³/mol. The minimum atomic E-state index is -3.36. The van der Waals surface area contributed by atoms with Gasteiger partial charge in [0.2, 0.25) is 5.91 Å². The van der Waals surface area contributed by atoms with E-state index in [1.165, 1.54) is 6.92 Å². The van der Waals surface area contributed by atoms with E-state index in [0.29, 0.717) is 13.2 Å². The predicted octanol–water partition coefficient (Wildman–Crippen LogP) is -0.104. The Morgan fingerprint density at radius 3 is 2.44 bits per heavy atom. The molecule has 0 rings (SSSR count). The van der Waals surface area contributed by atoms with Gasteiger partial charge < -0.3 is 10.1 Å². The van der Waals surface area contributed by atoms with Crippen LogP contribution in [0.4, 0.5) is 0 Å². The molecule has 1 N–H and O–H groups in total. The Bertz CT molecular complexity index is 288. The van der Waals surface area contributed by atoms with Crippen molar-refractivity contribution in [3.63, 3.8) is 0 Å². The van der Waals surface area contributed by atoms with Gasteiger partial charge in [0, 0.05) is 20.1 Å². The number of carbonyl (C=O) groups excluding carboxylic acids is 1. The van der Waals surface area contributed by atoms with Gasteiger partial charge in [-0.2, -0.15) is 8.42 Å². The van der Waals surface area contributed by atoms with E-state index in [1.807, 2.05) is 0 Å². The second-order valence-corrected chi connectivity index (χ2v) is 4.97. The van der Waals surface area contributed by atoms with E-state index in [0.717, 1.165) is 19.1 Å². The van der Waals surface area contributed by atoms with Gasteiger partial charge in [-0.3, -0.25) is 8.98 Å². The van der Waals surface area contributed by atoms with Gasteiger partial charge in [-0.25, -0.2) is 0 Å². The van der Waals surface area contributed by atoms with Crippen LogP contribution >= 0.6 is 0 Å². The zero-order chi connectivity index (χ0) is 12.4. The molecular weight excluding hydrogens is 234 g/mol. The van der Waals surface area contributed by atoms with Crippen molar-refractivity contribution in [3.8, 4) is 0 Å². The van der Waals surface area contributed by atoms with Crippen molar-refractivity contribution in [2.75, 3.05) is 32.6 Å². The van der Waals surface area contributed by atoms with Crippen molar-refractivity contribution in [3.05, 3.63) is 0 Å². The lowest BCUT2D eigenvalue weighted by Crippen LogP contribution is -2.21. The highest BCUT2D eigenvalue weighted by atomic mass is 32.2. The van der Waals surface area contributed by atoms with Gasteiger partial charge in [-0.1, -0.05) is 0 Å². The molecule has 0 aromatic rings. The fraction of sp³-hybridized carbons (Fsp3) is 0.889. The summed E-state index contributed by atoms with van der Waals surface area (Å²) in [6.07, 6.45) is 2.66. The lowest BCUT2D eigenvalue weighted by Gasteiger charge is -2.04. The summed E-state index contributed by atoms with van der Waals surface area (Å²) in [5.74, 6) is -0.0394. The monoisotopic (exact) mass is 253 g/mol. The Kier molecular flexibility index (Phi) is 8.14. The Hall–Kier alpha value is -0.660. The molecule has 0 atom stereocenters. The van der Waals surface area contributed by atoms with Crippen molar-refractivity contribution in [2.24, 2.45) is 0 Å². The SMILES string of the molecule is CC(=O)NCCCCOCCOS(C)(=O)=O. The summed E-state index contributed by atoms with van der Waals surface area (Å²) < 4.78 is 30.7. The molecule has 0 radical (unpaired) electrons. The van der Waals surface area contributed by atoms with Crippen LogP contribution in [0.3, 0.4) is 0 Å². The molecule has 0 saturated carbocycles. The second kappa shape index (κ2) is 8.49. The largest absolute Gasteiger partial charge is 0.379 e. The van der Waals surface area contributed by atoms with E-state index in [1.54, 1.807) is 0 Å². The standard InChI is InChI=1S/C9H19NO5S/c1-9(11)10-5-3-4-6-14-7-8-15-16(2,12)13/h3-8H2,1-2H3,(H,10,11). The molecule has 0 aromatic carbocycles. The molecule has 0 bridgehead atoms. The highest BCUT2D eigenvalue weighted by Gasteiger charge is 2.00. The fourth-order valence-corrected chi connectivity index (χ4v) is 1.31. The van der Waals surface area contributed by atoms with Crippen molar-refractivity contribution in [1.29, 1.82) is 0 Å². The number of carbonyl (C=O) groups is 1. The van der Waals surface area contributed by atoms with Gasteiger partial charge in [-0.05, 0) is 12.8 Å². The van der Waals surface area contributed by atoms with Crippen LogP contribution in [0.15, 0.2) is 0 Å². The molecule has 0 spiro atoms. The summed E-state index contributed by atoms with van der Waals surface area (Å²) in [4.78, 5) is 10.5. The van der Waals surface area contributed by atoms with Crippen LogP contribution in [0, 0.1) is 0 Å². The van der Waals surface area contributed by atoms with E-state index >= 15 is 0 Å². The lowest BCUT2D eigenvalue weighted by atomic mass is 10.3. The first-order valence-electron chi connectivity index (χ1n) is 5.08. The molecule has 96 valence electrons. The van der Waals surface area contributed by atoms with E-state index in [-0.39, 0.29) is 19.1 Å². The van der Waals surface area contributed by atoms with E-state index < -0.39 is 10.1 Å². The maximum Gasteiger partial charge on any atom is 0.264 e. The smallest absolute Gasteiger partial charge is 0.264 e. The number of rotatable bonds is 9. The number of hydrogen-bond acceptors (Lipinski definition) is 5. The minimum Gasteiger partial charge on any atom is -0.379 e. The summed E-state index contributed by atoms with van der Waals surface area (Å²) in [6, 6.07) is 0. The Morgan fingerprint density at radius 1 is 1.19 bits per heavy atom. The maximum absolute atomic E-state index is 10.6. The molecular formula is C9H19NO5S. The maximum atomic E-state index is 10.6.